The van der Waals surface area contributed by atoms with Crippen LogP contribution in [0.2, 0.25) is 0 Å². The fourth-order valence-electron chi connectivity index (χ4n) is 2.76. The average Bonchev–Trinajstić information content (AvgIpc) is 2.45. The molecule has 0 bridgehead atoms. The van der Waals surface area contributed by atoms with E-state index in [4.69, 9.17) is 0 Å². The lowest BCUT2D eigenvalue weighted by Crippen LogP contribution is -2.45. The molecule has 0 aliphatic carbocycles. The van der Waals surface area contributed by atoms with Crippen LogP contribution in [0, 0.1) is 12.7 Å². The number of nitrogens with one attached hydrogen (secondary N) is 1. The van der Waals surface area contributed by atoms with Crippen LogP contribution in [-0.4, -0.2) is 38.4 Å². The molecule has 0 saturated carbocycles. The van der Waals surface area contributed by atoms with Gasteiger partial charge in [-0.3, -0.25) is 0 Å². The number of hydrogen-bond donors (Lipinski definition) is 1. The van der Waals surface area contributed by atoms with Crippen molar-refractivity contribution in [2.75, 3.05) is 19.6 Å². The van der Waals surface area contributed by atoms with E-state index in [1.807, 2.05) is 6.92 Å². The zero-order chi connectivity index (χ0) is 15.5. The summed E-state index contributed by atoms with van der Waals surface area (Å²) in [6, 6.07) is 4.03. The smallest absolute Gasteiger partial charge is 0.243 e. The maximum atomic E-state index is 13.2. The van der Waals surface area contributed by atoms with Crippen LogP contribution >= 0.6 is 0 Å². The third kappa shape index (κ3) is 3.81. The van der Waals surface area contributed by atoms with Crippen molar-refractivity contribution in [3.05, 3.63) is 29.6 Å². The summed E-state index contributed by atoms with van der Waals surface area (Å²) in [6.45, 7) is 5.28. The van der Waals surface area contributed by atoms with Crippen LogP contribution in [0.15, 0.2) is 23.1 Å². The molecular weight excluding hydrogens is 291 g/mol. The van der Waals surface area contributed by atoms with E-state index >= 15 is 0 Å². The molecule has 2 rings (SSSR count). The van der Waals surface area contributed by atoms with Crippen molar-refractivity contribution in [2.45, 2.75) is 44.0 Å². The predicted octanol–water partition coefficient (Wildman–Crippen LogP) is 2.29. The Hall–Kier alpha value is -0.980. The monoisotopic (exact) mass is 314 g/mol. The van der Waals surface area contributed by atoms with Gasteiger partial charge in [-0.1, -0.05) is 13.3 Å². The molecule has 1 fully saturated rings. The molecule has 1 N–H and O–H groups in total. The summed E-state index contributed by atoms with van der Waals surface area (Å²) in [7, 11) is -3.57. The normalized spacial score (nSPS) is 19.9. The first-order valence-electron chi connectivity index (χ1n) is 7.45. The summed E-state index contributed by atoms with van der Waals surface area (Å²) in [6.07, 6.45) is 3.27. The third-order valence-electron chi connectivity index (χ3n) is 3.94. The summed E-state index contributed by atoms with van der Waals surface area (Å²) in [5, 5.41) is 3.37. The Kier molecular flexibility index (Phi) is 5.35. The molecule has 6 heteroatoms. The SMILES string of the molecule is CCN(CC1CCCCN1)S(=O)(=O)c1ccc(F)cc1C. The van der Waals surface area contributed by atoms with Crippen LogP contribution in [-0.2, 0) is 10.0 Å². The molecular formula is C15H23FN2O2S. The van der Waals surface area contributed by atoms with Crippen molar-refractivity contribution in [2.24, 2.45) is 0 Å². The van der Waals surface area contributed by atoms with Gasteiger partial charge in [0.15, 0.2) is 0 Å². The van der Waals surface area contributed by atoms with Crippen LogP contribution in [0.25, 0.3) is 0 Å². The summed E-state index contributed by atoms with van der Waals surface area (Å²) in [5.74, 6) is -0.413. The van der Waals surface area contributed by atoms with Crippen LogP contribution < -0.4 is 5.32 Å². The molecule has 118 valence electrons. The van der Waals surface area contributed by atoms with Crippen LogP contribution in [0.3, 0.4) is 0 Å². The van der Waals surface area contributed by atoms with Crippen LogP contribution in [0.5, 0.6) is 0 Å². The summed E-state index contributed by atoms with van der Waals surface area (Å²) in [5.41, 5.74) is 0.449. The zero-order valence-corrected chi connectivity index (χ0v) is 13.4. The lowest BCUT2D eigenvalue weighted by atomic mass is 10.1. The number of likely N-dealkylation sites (N-methyl/N-ethyl adjacent to an activating group) is 1. The topological polar surface area (TPSA) is 49.4 Å². The minimum Gasteiger partial charge on any atom is -0.313 e. The number of piperidine rings is 1. The van der Waals surface area contributed by atoms with Crippen LogP contribution in [0.1, 0.15) is 31.7 Å². The molecule has 0 aromatic heterocycles. The Bertz CT molecular complexity index is 583. The fourth-order valence-corrected chi connectivity index (χ4v) is 4.46. The third-order valence-corrected chi connectivity index (χ3v) is 6.04. The van der Waals surface area contributed by atoms with E-state index in [0.717, 1.165) is 25.8 Å². The molecule has 1 saturated heterocycles. The summed E-state index contributed by atoms with van der Waals surface area (Å²) < 4.78 is 40.1. The van der Waals surface area contributed by atoms with Gasteiger partial charge < -0.3 is 5.32 Å². The van der Waals surface area contributed by atoms with Gasteiger partial charge >= 0.3 is 0 Å². The maximum absolute atomic E-state index is 13.2. The predicted molar refractivity (Wildman–Crippen MR) is 81.2 cm³/mol. The Morgan fingerprint density at radius 3 is 2.71 bits per heavy atom. The van der Waals surface area contributed by atoms with Crippen molar-refractivity contribution in [3.8, 4) is 0 Å². The van der Waals surface area contributed by atoms with Gasteiger partial charge in [0.2, 0.25) is 10.0 Å². The first-order chi connectivity index (χ1) is 9.95. The van der Waals surface area contributed by atoms with E-state index in [-0.39, 0.29) is 10.9 Å². The van der Waals surface area contributed by atoms with Gasteiger partial charge in [-0.25, -0.2) is 12.8 Å². The number of sulfonamides is 1. The largest absolute Gasteiger partial charge is 0.313 e. The molecule has 0 amide bonds. The Labute approximate surface area is 126 Å². The Morgan fingerprint density at radius 2 is 2.14 bits per heavy atom. The van der Waals surface area contributed by atoms with Crippen molar-refractivity contribution in [1.82, 2.24) is 9.62 Å². The second kappa shape index (κ2) is 6.85. The van der Waals surface area contributed by atoms with E-state index < -0.39 is 15.8 Å². The summed E-state index contributed by atoms with van der Waals surface area (Å²) in [4.78, 5) is 0.196. The number of benzene rings is 1. The standard InChI is InChI=1S/C15H23FN2O2S/c1-3-18(11-14-6-4-5-9-17-14)21(19,20)15-8-7-13(16)10-12(15)2/h7-8,10,14,17H,3-6,9,11H2,1-2H3. The maximum Gasteiger partial charge on any atom is 0.243 e. The van der Waals surface area contributed by atoms with Crippen molar-refractivity contribution >= 4 is 10.0 Å². The lowest BCUT2D eigenvalue weighted by molar-refractivity contribution is 0.319. The zero-order valence-electron chi connectivity index (χ0n) is 12.6. The molecule has 1 unspecified atom stereocenters. The number of nitrogens with zero attached hydrogens (tertiary/aromatic N) is 1. The molecule has 1 atom stereocenters. The number of rotatable bonds is 5. The van der Waals surface area contributed by atoms with Gasteiger partial charge in [0, 0.05) is 19.1 Å². The Balaban J connectivity index is 2.22. The van der Waals surface area contributed by atoms with Gasteiger partial charge in [-0.05, 0) is 50.1 Å². The first-order valence-corrected chi connectivity index (χ1v) is 8.89. The van der Waals surface area contributed by atoms with Gasteiger partial charge in [0.1, 0.15) is 5.82 Å². The fraction of sp³-hybridized carbons (Fsp3) is 0.600. The van der Waals surface area contributed by atoms with Gasteiger partial charge in [-0.15, -0.1) is 0 Å². The Morgan fingerprint density at radius 1 is 1.38 bits per heavy atom. The first kappa shape index (κ1) is 16.4. The van der Waals surface area contributed by atoms with Gasteiger partial charge in [-0.2, -0.15) is 4.31 Å². The van der Waals surface area contributed by atoms with Crippen molar-refractivity contribution < 1.29 is 12.8 Å². The van der Waals surface area contributed by atoms with Crippen molar-refractivity contribution in [3.63, 3.8) is 0 Å². The lowest BCUT2D eigenvalue weighted by Gasteiger charge is -2.29. The number of aryl methyl sites for hydroxylation is 1. The van der Waals surface area contributed by atoms with E-state index in [1.165, 1.54) is 22.5 Å². The average molecular weight is 314 g/mol. The highest BCUT2D eigenvalue weighted by molar-refractivity contribution is 7.89. The molecule has 0 spiro atoms. The molecule has 1 heterocycles. The highest BCUT2D eigenvalue weighted by Gasteiger charge is 2.27. The minimum absolute atomic E-state index is 0.196. The molecule has 4 nitrogen and oxygen atoms in total. The van der Waals surface area contributed by atoms with Crippen molar-refractivity contribution in [1.29, 1.82) is 0 Å². The number of hydrogen-bond acceptors (Lipinski definition) is 3. The van der Waals surface area contributed by atoms with Gasteiger partial charge in [0.05, 0.1) is 4.90 Å². The van der Waals surface area contributed by atoms with Crippen LogP contribution in [0.4, 0.5) is 4.39 Å². The van der Waals surface area contributed by atoms with E-state index in [9.17, 15) is 12.8 Å². The molecule has 21 heavy (non-hydrogen) atoms. The second-order valence-electron chi connectivity index (χ2n) is 5.51. The minimum atomic E-state index is -3.57. The van der Waals surface area contributed by atoms with E-state index in [2.05, 4.69) is 5.32 Å². The molecule has 1 aromatic rings. The quantitative estimate of drug-likeness (QED) is 0.907. The molecule has 1 aromatic carbocycles. The van der Waals surface area contributed by atoms with E-state index in [1.54, 1.807) is 6.92 Å². The van der Waals surface area contributed by atoms with E-state index in [0.29, 0.717) is 18.7 Å². The van der Waals surface area contributed by atoms with Gasteiger partial charge in [0.25, 0.3) is 0 Å². The second-order valence-corrected chi connectivity index (χ2v) is 7.42. The highest BCUT2D eigenvalue weighted by atomic mass is 32.2. The molecule has 1 aliphatic rings. The summed E-state index contributed by atoms with van der Waals surface area (Å²) >= 11 is 0. The molecule has 0 radical (unpaired) electrons. The molecule has 1 aliphatic heterocycles. The highest BCUT2D eigenvalue weighted by Crippen LogP contribution is 2.21. The number of halogens is 1.